The molecule has 1 aromatic carbocycles. The van der Waals surface area contributed by atoms with Gasteiger partial charge in [-0.2, -0.15) is 0 Å². The van der Waals surface area contributed by atoms with E-state index in [1.54, 1.807) is 12.1 Å². The highest BCUT2D eigenvalue weighted by Gasteiger charge is 2.51. The smallest absolute Gasteiger partial charge is 0.356 e. The van der Waals surface area contributed by atoms with Gasteiger partial charge in [0.2, 0.25) is 5.91 Å². The second-order valence-corrected chi connectivity index (χ2v) is 5.11. The van der Waals surface area contributed by atoms with Crippen molar-refractivity contribution in [3.63, 3.8) is 0 Å². The first-order chi connectivity index (χ1) is 10.1. The number of nitrogens with one attached hydrogen (secondary N) is 1. The van der Waals surface area contributed by atoms with Gasteiger partial charge < -0.3 is 10.4 Å². The van der Waals surface area contributed by atoms with Crippen molar-refractivity contribution in [3.8, 4) is 0 Å². The number of aromatic carboxylic acids is 1. The lowest BCUT2D eigenvalue weighted by atomic mass is 9.95. The molecule has 5 heteroatoms. The van der Waals surface area contributed by atoms with Crippen LogP contribution in [-0.4, -0.2) is 22.0 Å². The van der Waals surface area contributed by atoms with E-state index in [9.17, 15) is 9.59 Å². The molecule has 5 nitrogen and oxygen atoms in total. The fourth-order valence-corrected chi connectivity index (χ4v) is 2.45. The molecule has 1 aliphatic carbocycles. The topological polar surface area (TPSA) is 79.3 Å². The maximum Gasteiger partial charge on any atom is 0.356 e. The van der Waals surface area contributed by atoms with Gasteiger partial charge in [0.05, 0.1) is 11.1 Å². The first kappa shape index (κ1) is 13.3. The third-order valence-corrected chi connectivity index (χ3v) is 3.77. The molecule has 0 spiro atoms. The van der Waals surface area contributed by atoms with Crippen LogP contribution in [0.1, 0.15) is 28.9 Å². The van der Waals surface area contributed by atoms with Crippen LogP contribution in [-0.2, 0) is 10.2 Å². The summed E-state index contributed by atoms with van der Waals surface area (Å²) in [4.78, 5) is 27.5. The molecule has 1 saturated carbocycles. The zero-order valence-electron chi connectivity index (χ0n) is 11.2. The van der Waals surface area contributed by atoms with E-state index in [1.165, 1.54) is 6.20 Å². The average molecular weight is 282 g/mol. The summed E-state index contributed by atoms with van der Waals surface area (Å²) in [6, 6.07) is 12.7. The highest BCUT2D eigenvalue weighted by atomic mass is 16.4. The maximum atomic E-state index is 12.5. The second-order valence-electron chi connectivity index (χ2n) is 5.11. The molecule has 0 aliphatic heterocycles. The molecule has 1 heterocycles. The normalized spacial score (nSPS) is 15.2. The second kappa shape index (κ2) is 5.01. The number of aromatic nitrogens is 1. The first-order valence-electron chi connectivity index (χ1n) is 6.69. The Labute approximate surface area is 121 Å². The number of anilines is 1. The van der Waals surface area contributed by atoms with Gasteiger partial charge in [-0.3, -0.25) is 4.79 Å². The summed E-state index contributed by atoms with van der Waals surface area (Å²) >= 11 is 0. The number of carboxylic acid groups (broad SMARTS) is 1. The van der Waals surface area contributed by atoms with Crippen molar-refractivity contribution in [2.45, 2.75) is 18.3 Å². The molecule has 0 atom stereocenters. The number of amides is 1. The quantitative estimate of drug-likeness (QED) is 0.902. The van der Waals surface area contributed by atoms with Crippen LogP contribution >= 0.6 is 0 Å². The minimum atomic E-state index is -1.16. The van der Waals surface area contributed by atoms with Crippen molar-refractivity contribution in [3.05, 3.63) is 59.9 Å². The van der Waals surface area contributed by atoms with Crippen molar-refractivity contribution in [1.82, 2.24) is 4.98 Å². The van der Waals surface area contributed by atoms with Gasteiger partial charge in [0.15, 0.2) is 5.69 Å². The highest BCUT2D eigenvalue weighted by Crippen LogP contribution is 2.48. The Morgan fingerprint density at radius 1 is 1.10 bits per heavy atom. The number of pyridine rings is 1. The molecule has 21 heavy (non-hydrogen) atoms. The predicted molar refractivity (Wildman–Crippen MR) is 77.2 cm³/mol. The molecular formula is C16H14N2O3. The van der Waals surface area contributed by atoms with Crippen LogP contribution in [0, 0.1) is 0 Å². The zero-order valence-corrected chi connectivity index (χ0v) is 11.2. The lowest BCUT2D eigenvalue weighted by molar-refractivity contribution is -0.118. The van der Waals surface area contributed by atoms with Crippen LogP contribution in [0.15, 0.2) is 48.7 Å². The molecule has 0 bridgehead atoms. The number of carbonyl (C=O) groups is 2. The number of carbonyl (C=O) groups excluding carboxylic acids is 1. The third-order valence-electron chi connectivity index (χ3n) is 3.77. The third kappa shape index (κ3) is 2.38. The van der Waals surface area contributed by atoms with Gasteiger partial charge in [-0.1, -0.05) is 30.3 Å². The van der Waals surface area contributed by atoms with Gasteiger partial charge in [-0.15, -0.1) is 0 Å². The molecular weight excluding hydrogens is 268 g/mol. The summed E-state index contributed by atoms with van der Waals surface area (Å²) in [5.41, 5.74) is 0.516. The van der Waals surface area contributed by atoms with Crippen molar-refractivity contribution >= 4 is 17.6 Å². The van der Waals surface area contributed by atoms with E-state index in [4.69, 9.17) is 5.11 Å². The standard InChI is InChI=1S/C16H14N2O3/c19-14(20)13-12(7-4-10-17-13)18-15(21)16(8-9-16)11-5-2-1-3-6-11/h1-7,10H,8-9H2,(H,18,21)(H,19,20). The molecule has 1 amide bonds. The van der Waals surface area contributed by atoms with E-state index in [0.29, 0.717) is 0 Å². The molecule has 2 N–H and O–H groups in total. The van der Waals surface area contributed by atoms with E-state index in [2.05, 4.69) is 10.3 Å². The molecule has 1 fully saturated rings. The number of carboxylic acids is 1. The Morgan fingerprint density at radius 3 is 2.43 bits per heavy atom. The van der Waals surface area contributed by atoms with Crippen molar-refractivity contribution in [1.29, 1.82) is 0 Å². The Kier molecular flexibility index (Phi) is 3.17. The van der Waals surface area contributed by atoms with E-state index < -0.39 is 11.4 Å². The van der Waals surface area contributed by atoms with Crippen LogP contribution in [0.4, 0.5) is 5.69 Å². The van der Waals surface area contributed by atoms with Gasteiger partial charge in [-0.25, -0.2) is 9.78 Å². The lowest BCUT2D eigenvalue weighted by Gasteiger charge is -2.16. The van der Waals surface area contributed by atoms with Crippen molar-refractivity contribution in [2.75, 3.05) is 5.32 Å². The number of hydrogen-bond acceptors (Lipinski definition) is 3. The van der Waals surface area contributed by atoms with Gasteiger partial charge in [0.25, 0.3) is 0 Å². The minimum Gasteiger partial charge on any atom is -0.476 e. The van der Waals surface area contributed by atoms with Crippen LogP contribution in [0.5, 0.6) is 0 Å². The van der Waals surface area contributed by atoms with Gasteiger partial charge in [0, 0.05) is 6.20 Å². The molecule has 0 saturated heterocycles. The van der Waals surface area contributed by atoms with Crippen LogP contribution in [0.25, 0.3) is 0 Å². The largest absolute Gasteiger partial charge is 0.476 e. The number of nitrogens with zero attached hydrogens (tertiary/aromatic N) is 1. The summed E-state index contributed by atoms with van der Waals surface area (Å²) in [7, 11) is 0. The summed E-state index contributed by atoms with van der Waals surface area (Å²) in [5.74, 6) is -1.33. The molecule has 1 aromatic heterocycles. The van der Waals surface area contributed by atoms with E-state index in [0.717, 1.165) is 18.4 Å². The van der Waals surface area contributed by atoms with Crippen molar-refractivity contribution in [2.24, 2.45) is 0 Å². The molecule has 2 aromatic rings. The molecule has 0 radical (unpaired) electrons. The summed E-state index contributed by atoms with van der Waals surface area (Å²) in [5, 5.41) is 11.8. The monoisotopic (exact) mass is 282 g/mol. The molecule has 106 valence electrons. The van der Waals surface area contributed by atoms with Crippen molar-refractivity contribution < 1.29 is 14.7 Å². The Bertz CT molecular complexity index is 694. The summed E-state index contributed by atoms with van der Waals surface area (Å²) < 4.78 is 0. The Balaban J connectivity index is 1.87. The zero-order chi connectivity index (χ0) is 14.9. The predicted octanol–water partition coefficient (Wildman–Crippen LogP) is 2.45. The Morgan fingerprint density at radius 2 is 1.81 bits per heavy atom. The minimum absolute atomic E-state index is 0.144. The average Bonchev–Trinajstić information content (AvgIpc) is 3.30. The maximum absolute atomic E-state index is 12.5. The molecule has 0 unspecified atom stereocenters. The number of hydrogen-bond donors (Lipinski definition) is 2. The van der Waals surface area contributed by atoms with Gasteiger partial charge in [-0.05, 0) is 30.5 Å². The summed E-state index contributed by atoms with van der Waals surface area (Å²) in [6.45, 7) is 0. The SMILES string of the molecule is O=C(O)c1ncccc1NC(=O)C1(c2ccccc2)CC1. The van der Waals surface area contributed by atoms with E-state index in [1.807, 2.05) is 30.3 Å². The van der Waals surface area contributed by atoms with E-state index in [-0.39, 0.29) is 17.3 Å². The fourth-order valence-electron chi connectivity index (χ4n) is 2.45. The van der Waals surface area contributed by atoms with Crippen LogP contribution in [0.3, 0.4) is 0 Å². The first-order valence-corrected chi connectivity index (χ1v) is 6.69. The van der Waals surface area contributed by atoms with Gasteiger partial charge in [0.1, 0.15) is 0 Å². The van der Waals surface area contributed by atoms with E-state index >= 15 is 0 Å². The summed E-state index contributed by atoms with van der Waals surface area (Å²) in [6.07, 6.45) is 2.93. The van der Waals surface area contributed by atoms with Crippen LogP contribution in [0.2, 0.25) is 0 Å². The van der Waals surface area contributed by atoms with Crippen LogP contribution < -0.4 is 5.32 Å². The molecule has 1 aliphatic rings. The molecule has 3 rings (SSSR count). The highest BCUT2D eigenvalue weighted by molar-refractivity contribution is 6.04. The number of rotatable bonds is 4. The lowest BCUT2D eigenvalue weighted by Crippen LogP contribution is -2.28. The van der Waals surface area contributed by atoms with Gasteiger partial charge >= 0.3 is 5.97 Å². The number of benzene rings is 1. The Hall–Kier alpha value is -2.69. The fraction of sp³-hybridized carbons (Fsp3) is 0.188.